The molecule has 0 aliphatic carbocycles. The van der Waals surface area contributed by atoms with E-state index in [1.807, 2.05) is 0 Å². The Kier molecular flexibility index (Phi) is 6.50. The third-order valence-corrected chi connectivity index (χ3v) is 5.86. The fourth-order valence-corrected chi connectivity index (χ4v) is 4.42. The highest BCUT2D eigenvalue weighted by atomic mass is 16.5. The average molecular weight is 353 g/mol. The molecule has 2 aromatic rings. The lowest BCUT2D eigenvalue weighted by Gasteiger charge is -2.39. The van der Waals surface area contributed by atoms with Crippen molar-refractivity contribution in [2.75, 3.05) is 13.2 Å². The summed E-state index contributed by atoms with van der Waals surface area (Å²) in [6.07, 6.45) is 3.56. The van der Waals surface area contributed by atoms with Crippen molar-refractivity contribution >= 4 is 0 Å². The van der Waals surface area contributed by atoms with E-state index in [0.29, 0.717) is 17.9 Å². The minimum atomic E-state index is 0.0109. The molecule has 26 heavy (non-hydrogen) atoms. The van der Waals surface area contributed by atoms with Crippen LogP contribution in [-0.4, -0.2) is 18.8 Å². The highest BCUT2D eigenvalue weighted by molar-refractivity contribution is 5.21. The molecule has 0 unspecified atom stereocenters. The van der Waals surface area contributed by atoms with Crippen LogP contribution in [0.15, 0.2) is 60.7 Å². The molecule has 0 aromatic heterocycles. The third kappa shape index (κ3) is 5.18. The molecule has 2 N–H and O–H groups in total. The van der Waals surface area contributed by atoms with Crippen molar-refractivity contribution in [2.45, 2.75) is 57.6 Å². The molecular formula is C24H34NO+. The summed E-state index contributed by atoms with van der Waals surface area (Å²) in [5.41, 5.74) is 2.92. The van der Waals surface area contributed by atoms with Crippen LogP contribution < -0.4 is 5.32 Å². The van der Waals surface area contributed by atoms with E-state index < -0.39 is 0 Å². The SMILES string of the molecule is C[C@H]([NH2+]CC[C@@H](c1ccccc1)[C@@H]1CCOC(C)(C)C1)c1ccccc1. The Morgan fingerprint density at radius 1 is 1.00 bits per heavy atom. The standard InChI is InChI=1S/C24H33NO/c1-19(20-10-6-4-7-11-20)25-16-14-23(21-12-8-5-9-13-21)22-15-17-26-24(2,3)18-22/h4-13,19,22-23,25H,14-18H2,1-3H3/p+1/t19-,22+,23-/m0/s1. The van der Waals surface area contributed by atoms with E-state index >= 15 is 0 Å². The van der Waals surface area contributed by atoms with Gasteiger partial charge in [-0.15, -0.1) is 0 Å². The summed E-state index contributed by atoms with van der Waals surface area (Å²) >= 11 is 0. The first-order valence-corrected chi connectivity index (χ1v) is 10.1. The smallest absolute Gasteiger partial charge is 0.109 e. The van der Waals surface area contributed by atoms with E-state index in [2.05, 4.69) is 86.8 Å². The van der Waals surface area contributed by atoms with Gasteiger partial charge in [0.05, 0.1) is 12.1 Å². The number of nitrogens with two attached hydrogens (primary N) is 1. The van der Waals surface area contributed by atoms with E-state index in [9.17, 15) is 0 Å². The topological polar surface area (TPSA) is 25.8 Å². The number of rotatable bonds is 7. The molecule has 3 rings (SSSR count). The van der Waals surface area contributed by atoms with Crippen molar-refractivity contribution in [3.8, 4) is 0 Å². The Labute approximate surface area is 159 Å². The number of benzene rings is 2. The van der Waals surface area contributed by atoms with Crippen molar-refractivity contribution in [1.82, 2.24) is 0 Å². The van der Waals surface area contributed by atoms with Gasteiger partial charge in [-0.2, -0.15) is 0 Å². The van der Waals surface area contributed by atoms with Gasteiger partial charge < -0.3 is 10.1 Å². The van der Waals surface area contributed by atoms with Gasteiger partial charge in [-0.25, -0.2) is 0 Å². The molecule has 2 aromatic carbocycles. The van der Waals surface area contributed by atoms with Crippen molar-refractivity contribution in [3.63, 3.8) is 0 Å². The molecule has 1 aliphatic rings. The van der Waals surface area contributed by atoms with Crippen LogP contribution in [-0.2, 0) is 4.74 Å². The Hall–Kier alpha value is -1.64. The minimum absolute atomic E-state index is 0.0109. The molecule has 0 saturated carbocycles. The van der Waals surface area contributed by atoms with Gasteiger partial charge in [-0.1, -0.05) is 60.7 Å². The monoisotopic (exact) mass is 352 g/mol. The largest absolute Gasteiger partial charge is 0.376 e. The molecule has 0 amide bonds. The van der Waals surface area contributed by atoms with E-state index in [1.165, 1.54) is 24.0 Å². The van der Waals surface area contributed by atoms with E-state index in [-0.39, 0.29) is 5.60 Å². The number of hydrogen-bond donors (Lipinski definition) is 1. The highest BCUT2D eigenvalue weighted by Crippen LogP contribution is 2.39. The maximum Gasteiger partial charge on any atom is 0.109 e. The van der Waals surface area contributed by atoms with Gasteiger partial charge in [0.2, 0.25) is 0 Å². The predicted octanol–water partition coefficient (Wildman–Crippen LogP) is 4.69. The predicted molar refractivity (Wildman–Crippen MR) is 108 cm³/mol. The Morgan fingerprint density at radius 3 is 2.23 bits per heavy atom. The van der Waals surface area contributed by atoms with E-state index in [0.717, 1.165) is 19.6 Å². The molecule has 2 heteroatoms. The molecular weight excluding hydrogens is 318 g/mol. The molecule has 1 aliphatic heterocycles. The summed E-state index contributed by atoms with van der Waals surface area (Å²) in [6, 6.07) is 22.5. The van der Waals surface area contributed by atoms with Crippen molar-refractivity contribution < 1.29 is 10.1 Å². The summed E-state index contributed by atoms with van der Waals surface area (Å²) in [5.74, 6) is 1.33. The lowest BCUT2D eigenvalue weighted by atomic mass is 9.75. The van der Waals surface area contributed by atoms with Crippen LogP contribution in [0.4, 0.5) is 0 Å². The fraction of sp³-hybridized carbons (Fsp3) is 0.500. The zero-order valence-corrected chi connectivity index (χ0v) is 16.5. The molecule has 2 nitrogen and oxygen atoms in total. The first-order valence-electron chi connectivity index (χ1n) is 10.1. The minimum Gasteiger partial charge on any atom is -0.376 e. The molecule has 140 valence electrons. The van der Waals surface area contributed by atoms with Crippen molar-refractivity contribution in [2.24, 2.45) is 5.92 Å². The Morgan fingerprint density at radius 2 is 1.62 bits per heavy atom. The molecule has 1 saturated heterocycles. The third-order valence-electron chi connectivity index (χ3n) is 5.86. The van der Waals surface area contributed by atoms with Gasteiger partial charge in [0.1, 0.15) is 6.04 Å². The van der Waals surface area contributed by atoms with Crippen LogP contribution in [0, 0.1) is 5.92 Å². The second-order valence-electron chi connectivity index (χ2n) is 8.39. The highest BCUT2D eigenvalue weighted by Gasteiger charge is 2.34. The maximum atomic E-state index is 5.97. The van der Waals surface area contributed by atoms with Crippen LogP contribution in [0.1, 0.15) is 63.1 Å². The second-order valence-corrected chi connectivity index (χ2v) is 8.39. The average Bonchev–Trinajstić information content (AvgIpc) is 2.65. The summed E-state index contributed by atoms with van der Waals surface area (Å²) in [5, 5.41) is 2.50. The molecule has 1 heterocycles. The summed E-state index contributed by atoms with van der Waals surface area (Å²) in [7, 11) is 0. The van der Waals surface area contributed by atoms with Gasteiger partial charge in [0.15, 0.2) is 0 Å². The van der Waals surface area contributed by atoms with Crippen molar-refractivity contribution in [1.29, 1.82) is 0 Å². The lowest BCUT2D eigenvalue weighted by Crippen LogP contribution is -2.84. The number of quaternary nitrogens is 1. The molecule has 3 atom stereocenters. The zero-order chi connectivity index (χ0) is 18.4. The Bertz CT molecular complexity index is 652. The quantitative estimate of drug-likeness (QED) is 0.768. The summed E-state index contributed by atoms with van der Waals surface area (Å²) in [6.45, 7) is 8.85. The summed E-state index contributed by atoms with van der Waals surface area (Å²) < 4.78 is 5.97. The van der Waals surface area contributed by atoms with Crippen LogP contribution in [0.2, 0.25) is 0 Å². The summed E-state index contributed by atoms with van der Waals surface area (Å²) in [4.78, 5) is 0. The number of ether oxygens (including phenoxy) is 1. The van der Waals surface area contributed by atoms with E-state index in [1.54, 1.807) is 0 Å². The first kappa shape index (κ1) is 19.1. The van der Waals surface area contributed by atoms with Gasteiger partial charge in [0, 0.05) is 18.6 Å². The lowest BCUT2D eigenvalue weighted by molar-refractivity contribution is -0.693. The van der Waals surface area contributed by atoms with E-state index in [4.69, 9.17) is 4.74 Å². The van der Waals surface area contributed by atoms with Gasteiger partial charge in [-0.3, -0.25) is 0 Å². The molecule has 0 spiro atoms. The van der Waals surface area contributed by atoms with Gasteiger partial charge in [0.25, 0.3) is 0 Å². The first-order chi connectivity index (χ1) is 12.6. The van der Waals surface area contributed by atoms with Gasteiger partial charge in [-0.05, 0) is 51.0 Å². The fourth-order valence-electron chi connectivity index (χ4n) is 4.42. The Balaban J connectivity index is 1.64. The normalized spacial score (nSPS) is 21.9. The van der Waals surface area contributed by atoms with Crippen LogP contribution in [0.5, 0.6) is 0 Å². The van der Waals surface area contributed by atoms with Crippen molar-refractivity contribution in [3.05, 3.63) is 71.8 Å². The number of hydrogen-bond acceptors (Lipinski definition) is 1. The van der Waals surface area contributed by atoms with Gasteiger partial charge >= 0.3 is 0 Å². The molecule has 0 radical (unpaired) electrons. The molecule has 0 bridgehead atoms. The molecule has 1 fully saturated rings. The van der Waals surface area contributed by atoms with Crippen LogP contribution >= 0.6 is 0 Å². The van der Waals surface area contributed by atoms with Crippen LogP contribution in [0.3, 0.4) is 0 Å². The van der Waals surface area contributed by atoms with Crippen LogP contribution in [0.25, 0.3) is 0 Å². The maximum absolute atomic E-state index is 5.97. The zero-order valence-electron chi connectivity index (χ0n) is 16.5. The second kappa shape index (κ2) is 8.83.